The normalized spacial score (nSPS) is 11.3. The van der Waals surface area contributed by atoms with Crippen LogP contribution in [0.1, 0.15) is 11.4 Å². The molecule has 176 valence electrons. The standard InChI is InChI=1S/C28H26N4O2S/c1-16-9-19(10-17(2)29-16)25-12-22-24(15-32(4)28(34)27(22)30-25)21-13-26(33)31(3)14-23(21)18-7-6-8-20(11-18)35-5/h6-15,30H,1-5H3. The van der Waals surface area contributed by atoms with Crippen molar-refractivity contribution in [2.45, 2.75) is 18.7 Å². The van der Waals surface area contributed by atoms with Crippen LogP contribution in [0.3, 0.4) is 0 Å². The molecule has 7 heteroatoms. The van der Waals surface area contributed by atoms with Gasteiger partial charge in [-0.25, -0.2) is 0 Å². The second-order valence-corrected chi connectivity index (χ2v) is 9.73. The molecule has 4 heterocycles. The smallest absolute Gasteiger partial charge is 0.274 e. The van der Waals surface area contributed by atoms with Gasteiger partial charge in [-0.05, 0) is 61.6 Å². The molecule has 0 amide bonds. The van der Waals surface area contributed by atoms with E-state index in [1.165, 1.54) is 0 Å². The molecule has 35 heavy (non-hydrogen) atoms. The van der Waals surface area contributed by atoms with Gasteiger partial charge in [-0.1, -0.05) is 12.1 Å². The van der Waals surface area contributed by atoms with Crippen molar-refractivity contribution in [1.29, 1.82) is 0 Å². The molecule has 0 saturated carbocycles. The van der Waals surface area contributed by atoms with Gasteiger partial charge in [0.1, 0.15) is 5.52 Å². The van der Waals surface area contributed by atoms with Crippen LogP contribution in [0.15, 0.2) is 75.4 Å². The zero-order valence-corrected chi connectivity index (χ0v) is 21.2. The first-order valence-electron chi connectivity index (χ1n) is 11.3. The second kappa shape index (κ2) is 8.74. The van der Waals surface area contributed by atoms with E-state index in [1.807, 2.05) is 62.8 Å². The third-order valence-electron chi connectivity index (χ3n) is 6.26. The number of aryl methyl sites for hydroxylation is 4. The highest BCUT2D eigenvalue weighted by molar-refractivity contribution is 7.98. The van der Waals surface area contributed by atoms with Crippen LogP contribution >= 0.6 is 11.8 Å². The van der Waals surface area contributed by atoms with E-state index in [2.05, 4.69) is 22.1 Å². The Hall–Kier alpha value is -3.84. The van der Waals surface area contributed by atoms with Crippen LogP contribution in [0.4, 0.5) is 0 Å². The number of rotatable bonds is 4. The number of H-pyrrole nitrogens is 1. The molecule has 1 N–H and O–H groups in total. The number of hydrogen-bond donors (Lipinski definition) is 1. The van der Waals surface area contributed by atoms with Crippen LogP contribution in [0, 0.1) is 13.8 Å². The highest BCUT2D eigenvalue weighted by atomic mass is 32.2. The summed E-state index contributed by atoms with van der Waals surface area (Å²) in [5.74, 6) is 0. The molecule has 0 bridgehead atoms. The van der Waals surface area contributed by atoms with Crippen molar-refractivity contribution in [3.8, 4) is 33.5 Å². The molecule has 5 aromatic rings. The van der Waals surface area contributed by atoms with Gasteiger partial charge in [0.2, 0.25) is 0 Å². The van der Waals surface area contributed by atoms with Crippen LogP contribution in [0.5, 0.6) is 0 Å². The van der Waals surface area contributed by atoms with Crippen LogP contribution in [0.25, 0.3) is 44.4 Å². The average Bonchev–Trinajstić information content (AvgIpc) is 3.28. The maximum atomic E-state index is 13.1. The maximum absolute atomic E-state index is 13.1. The van der Waals surface area contributed by atoms with Crippen molar-refractivity contribution in [3.05, 3.63) is 93.0 Å². The fraction of sp³-hybridized carbons (Fsp3) is 0.179. The molecule has 0 spiro atoms. The Kier molecular flexibility index (Phi) is 5.73. The number of hydrogen-bond acceptors (Lipinski definition) is 4. The van der Waals surface area contributed by atoms with Crippen molar-refractivity contribution in [3.63, 3.8) is 0 Å². The quantitative estimate of drug-likeness (QED) is 0.353. The second-order valence-electron chi connectivity index (χ2n) is 8.85. The molecule has 0 aliphatic carbocycles. The Bertz CT molecular complexity index is 1710. The van der Waals surface area contributed by atoms with Gasteiger partial charge in [-0.3, -0.25) is 14.6 Å². The van der Waals surface area contributed by atoms with E-state index in [0.29, 0.717) is 5.52 Å². The fourth-order valence-corrected chi connectivity index (χ4v) is 5.03. The summed E-state index contributed by atoms with van der Waals surface area (Å²) in [7, 11) is 3.49. The SMILES string of the molecule is CSc1cccc(-c2cn(C)c(=O)cc2-c2cn(C)c(=O)c3[nH]c(-c4cc(C)nc(C)c4)cc23)c1. The summed E-state index contributed by atoms with van der Waals surface area (Å²) in [5.41, 5.74) is 7.48. The summed E-state index contributed by atoms with van der Waals surface area (Å²) in [6.45, 7) is 3.91. The van der Waals surface area contributed by atoms with E-state index < -0.39 is 0 Å². The summed E-state index contributed by atoms with van der Waals surface area (Å²) in [6.07, 6.45) is 5.74. The Labute approximate surface area is 207 Å². The highest BCUT2D eigenvalue weighted by Crippen LogP contribution is 2.37. The Morgan fingerprint density at radius 1 is 0.829 bits per heavy atom. The minimum Gasteiger partial charge on any atom is -0.350 e. The molecular weight excluding hydrogens is 456 g/mol. The molecule has 0 radical (unpaired) electrons. The lowest BCUT2D eigenvalue weighted by Crippen LogP contribution is -2.18. The largest absolute Gasteiger partial charge is 0.350 e. The summed E-state index contributed by atoms with van der Waals surface area (Å²) < 4.78 is 3.16. The van der Waals surface area contributed by atoms with Crippen LogP contribution in [0.2, 0.25) is 0 Å². The summed E-state index contributed by atoms with van der Waals surface area (Å²) in [5, 5.41) is 0.783. The predicted octanol–water partition coefficient (Wildman–Crippen LogP) is 5.30. The lowest BCUT2D eigenvalue weighted by Gasteiger charge is -2.14. The van der Waals surface area contributed by atoms with Gasteiger partial charge in [0.05, 0.1) is 0 Å². The summed E-state index contributed by atoms with van der Waals surface area (Å²) >= 11 is 1.67. The van der Waals surface area contributed by atoms with E-state index in [1.54, 1.807) is 41.1 Å². The average molecular weight is 483 g/mol. The molecule has 0 fully saturated rings. The van der Waals surface area contributed by atoms with Gasteiger partial charge in [0, 0.05) is 76.6 Å². The molecule has 0 aliphatic heterocycles. The Morgan fingerprint density at radius 2 is 1.54 bits per heavy atom. The monoisotopic (exact) mass is 482 g/mol. The van der Waals surface area contributed by atoms with Crippen LogP contribution in [-0.4, -0.2) is 25.4 Å². The van der Waals surface area contributed by atoms with Crippen molar-refractivity contribution >= 4 is 22.7 Å². The first-order chi connectivity index (χ1) is 16.7. The summed E-state index contributed by atoms with van der Waals surface area (Å²) in [4.78, 5) is 34.8. The first kappa shape index (κ1) is 22.9. The number of pyridine rings is 3. The number of fused-ring (bicyclic) bond motifs is 1. The van der Waals surface area contributed by atoms with Crippen molar-refractivity contribution < 1.29 is 0 Å². The molecule has 4 aromatic heterocycles. The van der Waals surface area contributed by atoms with E-state index in [4.69, 9.17) is 0 Å². The third kappa shape index (κ3) is 4.12. The van der Waals surface area contributed by atoms with Gasteiger partial charge in [-0.15, -0.1) is 11.8 Å². The van der Waals surface area contributed by atoms with Gasteiger partial charge in [0.15, 0.2) is 0 Å². The molecule has 0 unspecified atom stereocenters. The van der Waals surface area contributed by atoms with Gasteiger partial charge >= 0.3 is 0 Å². The molecular formula is C28H26N4O2S. The number of nitrogens with zero attached hydrogens (tertiary/aromatic N) is 3. The minimum atomic E-state index is -0.118. The first-order valence-corrected chi connectivity index (χ1v) is 12.5. The number of aromatic nitrogens is 4. The van der Waals surface area contributed by atoms with E-state index in [9.17, 15) is 9.59 Å². The van der Waals surface area contributed by atoms with Crippen molar-refractivity contribution in [2.24, 2.45) is 14.1 Å². The van der Waals surface area contributed by atoms with Crippen LogP contribution in [-0.2, 0) is 14.1 Å². The molecule has 0 aliphatic rings. The minimum absolute atomic E-state index is 0.108. The number of nitrogens with one attached hydrogen (secondary N) is 1. The fourth-order valence-electron chi connectivity index (χ4n) is 4.57. The molecule has 5 rings (SSSR count). The lowest BCUT2D eigenvalue weighted by molar-refractivity contribution is 0.860. The van der Waals surface area contributed by atoms with Crippen molar-refractivity contribution in [1.82, 2.24) is 19.1 Å². The molecule has 0 saturated heterocycles. The molecule has 0 atom stereocenters. The Balaban J connectivity index is 1.83. The highest BCUT2D eigenvalue weighted by Gasteiger charge is 2.18. The molecule has 6 nitrogen and oxygen atoms in total. The Morgan fingerprint density at radius 3 is 2.26 bits per heavy atom. The number of thioether (sulfide) groups is 1. The predicted molar refractivity (Wildman–Crippen MR) is 144 cm³/mol. The van der Waals surface area contributed by atoms with Gasteiger partial charge in [0.25, 0.3) is 11.1 Å². The number of benzene rings is 1. The molecule has 1 aromatic carbocycles. The topological polar surface area (TPSA) is 72.7 Å². The third-order valence-corrected chi connectivity index (χ3v) is 6.98. The maximum Gasteiger partial charge on any atom is 0.274 e. The zero-order chi connectivity index (χ0) is 24.9. The van der Waals surface area contributed by atoms with E-state index in [-0.39, 0.29) is 11.1 Å². The van der Waals surface area contributed by atoms with E-state index in [0.717, 1.165) is 55.2 Å². The van der Waals surface area contributed by atoms with Gasteiger partial charge < -0.3 is 14.1 Å². The zero-order valence-electron chi connectivity index (χ0n) is 20.3. The lowest BCUT2D eigenvalue weighted by atomic mass is 9.95. The van der Waals surface area contributed by atoms with Crippen molar-refractivity contribution in [2.75, 3.05) is 6.26 Å². The summed E-state index contributed by atoms with van der Waals surface area (Å²) in [6, 6.07) is 15.9. The van der Waals surface area contributed by atoms with Gasteiger partial charge in [-0.2, -0.15) is 0 Å². The number of aromatic amines is 1. The van der Waals surface area contributed by atoms with E-state index >= 15 is 0 Å². The van der Waals surface area contributed by atoms with Crippen LogP contribution < -0.4 is 11.1 Å².